The molecule has 0 heterocycles. The van der Waals surface area contributed by atoms with Gasteiger partial charge in [0.1, 0.15) is 0 Å². The third-order valence-electron chi connectivity index (χ3n) is 4.19. The fraction of sp³-hybridized carbons (Fsp3) is 0.474. The van der Waals surface area contributed by atoms with E-state index in [1.807, 2.05) is 0 Å². The van der Waals surface area contributed by atoms with Crippen LogP contribution in [0.4, 0.5) is 0 Å². The molecule has 0 aliphatic carbocycles. The molecule has 0 radical (unpaired) electrons. The Kier molecular flexibility index (Phi) is 6.06. The van der Waals surface area contributed by atoms with Crippen LogP contribution in [0.5, 0.6) is 0 Å². The number of hydrogen-bond acceptors (Lipinski definition) is 1. The summed E-state index contributed by atoms with van der Waals surface area (Å²) in [5.41, 5.74) is 3.67. The Balaban J connectivity index is 2.80. The maximum atomic E-state index is 4.25. The quantitative estimate of drug-likeness (QED) is 0.624. The second-order valence-electron chi connectivity index (χ2n) is 5.98. The second-order valence-corrected chi connectivity index (χ2v) is 5.98. The largest absolute Gasteiger partial charge is 0.369 e. The van der Waals surface area contributed by atoms with Gasteiger partial charge in [-0.05, 0) is 37.8 Å². The summed E-state index contributed by atoms with van der Waals surface area (Å²) >= 11 is 0. The Bertz CT molecular complexity index is 451. The summed E-state index contributed by atoms with van der Waals surface area (Å²) < 4.78 is 0. The first-order valence-electron chi connectivity index (χ1n) is 7.62. The SMILES string of the molecule is C=C(c1ccc(/C=C/CCC)cc1)N(C)C(C)(C)CC. The van der Waals surface area contributed by atoms with E-state index >= 15 is 0 Å². The van der Waals surface area contributed by atoms with Crippen molar-refractivity contribution in [3.05, 3.63) is 48.0 Å². The highest BCUT2D eigenvalue weighted by molar-refractivity contribution is 5.64. The van der Waals surface area contributed by atoms with Crippen molar-refractivity contribution in [2.24, 2.45) is 0 Å². The molecule has 0 N–H and O–H groups in total. The van der Waals surface area contributed by atoms with E-state index < -0.39 is 0 Å². The minimum atomic E-state index is 0.136. The first-order chi connectivity index (χ1) is 9.42. The Labute approximate surface area is 125 Å². The summed E-state index contributed by atoms with van der Waals surface area (Å²) in [6, 6.07) is 8.66. The van der Waals surface area contributed by atoms with Crippen LogP contribution >= 0.6 is 0 Å². The molecule has 0 fully saturated rings. The molecular weight excluding hydrogens is 242 g/mol. The number of nitrogens with zero attached hydrogens (tertiary/aromatic N) is 1. The minimum Gasteiger partial charge on any atom is -0.369 e. The van der Waals surface area contributed by atoms with Crippen LogP contribution in [0.3, 0.4) is 0 Å². The predicted octanol–water partition coefficient (Wildman–Crippen LogP) is 5.59. The highest BCUT2D eigenvalue weighted by Crippen LogP contribution is 2.26. The van der Waals surface area contributed by atoms with E-state index in [2.05, 4.69) is 82.6 Å². The molecule has 1 heteroatoms. The molecule has 0 saturated carbocycles. The number of rotatable bonds is 7. The molecule has 110 valence electrons. The molecule has 0 aliphatic heterocycles. The Morgan fingerprint density at radius 1 is 1.20 bits per heavy atom. The van der Waals surface area contributed by atoms with Crippen LogP contribution in [0.25, 0.3) is 11.8 Å². The molecule has 0 saturated heterocycles. The average molecular weight is 271 g/mol. The van der Waals surface area contributed by atoms with Gasteiger partial charge in [0.2, 0.25) is 0 Å². The van der Waals surface area contributed by atoms with Crippen LogP contribution in [0, 0.1) is 0 Å². The first kappa shape index (κ1) is 16.6. The van der Waals surface area contributed by atoms with Crippen molar-refractivity contribution in [3.8, 4) is 0 Å². The molecule has 1 nitrogen and oxygen atoms in total. The van der Waals surface area contributed by atoms with Gasteiger partial charge in [0, 0.05) is 18.3 Å². The van der Waals surface area contributed by atoms with Crippen molar-refractivity contribution in [2.75, 3.05) is 7.05 Å². The van der Waals surface area contributed by atoms with Crippen molar-refractivity contribution < 1.29 is 0 Å². The molecule has 0 atom stereocenters. The third-order valence-corrected chi connectivity index (χ3v) is 4.19. The van der Waals surface area contributed by atoms with Crippen LogP contribution in [-0.4, -0.2) is 17.5 Å². The molecule has 1 aromatic carbocycles. The van der Waals surface area contributed by atoms with Crippen LogP contribution in [0.15, 0.2) is 36.9 Å². The monoisotopic (exact) mass is 271 g/mol. The average Bonchev–Trinajstić information content (AvgIpc) is 2.46. The smallest absolute Gasteiger partial charge is 0.0368 e. The van der Waals surface area contributed by atoms with Gasteiger partial charge in [-0.25, -0.2) is 0 Å². The lowest BCUT2D eigenvalue weighted by molar-refractivity contribution is 0.232. The second kappa shape index (κ2) is 7.33. The van der Waals surface area contributed by atoms with Gasteiger partial charge in [-0.1, -0.05) is 63.3 Å². The lowest BCUT2D eigenvalue weighted by atomic mass is 9.97. The van der Waals surface area contributed by atoms with E-state index in [1.54, 1.807) is 0 Å². The van der Waals surface area contributed by atoms with E-state index in [4.69, 9.17) is 0 Å². The third kappa shape index (κ3) is 4.26. The summed E-state index contributed by atoms with van der Waals surface area (Å²) in [4.78, 5) is 2.27. The van der Waals surface area contributed by atoms with E-state index in [0.29, 0.717) is 0 Å². The highest BCUT2D eigenvalue weighted by Gasteiger charge is 2.22. The molecule has 0 aromatic heterocycles. The van der Waals surface area contributed by atoms with Crippen molar-refractivity contribution in [2.45, 2.75) is 52.5 Å². The molecule has 1 rings (SSSR count). The van der Waals surface area contributed by atoms with E-state index in [9.17, 15) is 0 Å². The molecule has 0 aliphatic rings. The zero-order valence-electron chi connectivity index (χ0n) is 13.7. The van der Waals surface area contributed by atoms with E-state index in [1.165, 1.54) is 17.5 Å². The van der Waals surface area contributed by atoms with E-state index in [0.717, 1.165) is 18.5 Å². The topological polar surface area (TPSA) is 3.24 Å². The molecule has 0 unspecified atom stereocenters. The summed E-state index contributed by atoms with van der Waals surface area (Å²) in [6.45, 7) is 13.2. The molecule has 0 spiro atoms. The number of allylic oxidation sites excluding steroid dienone is 1. The summed E-state index contributed by atoms with van der Waals surface area (Å²) in [7, 11) is 2.13. The first-order valence-corrected chi connectivity index (χ1v) is 7.62. The van der Waals surface area contributed by atoms with Crippen LogP contribution in [0.2, 0.25) is 0 Å². The van der Waals surface area contributed by atoms with Gasteiger partial charge >= 0.3 is 0 Å². The maximum Gasteiger partial charge on any atom is 0.0368 e. The highest BCUT2D eigenvalue weighted by atomic mass is 15.2. The zero-order chi connectivity index (χ0) is 15.2. The van der Waals surface area contributed by atoms with Crippen LogP contribution in [-0.2, 0) is 0 Å². The summed E-state index contributed by atoms with van der Waals surface area (Å²) in [6.07, 6.45) is 7.86. The van der Waals surface area contributed by atoms with E-state index in [-0.39, 0.29) is 5.54 Å². The van der Waals surface area contributed by atoms with Gasteiger partial charge in [-0.15, -0.1) is 0 Å². The Morgan fingerprint density at radius 2 is 1.80 bits per heavy atom. The number of unbranched alkanes of at least 4 members (excludes halogenated alkanes) is 1. The Hall–Kier alpha value is -1.50. The zero-order valence-corrected chi connectivity index (χ0v) is 13.7. The van der Waals surface area contributed by atoms with Crippen molar-refractivity contribution in [3.63, 3.8) is 0 Å². The summed E-state index contributed by atoms with van der Waals surface area (Å²) in [5.74, 6) is 0. The normalized spacial score (nSPS) is 11.8. The molecular formula is C19H29N. The predicted molar refractivity (Wildman–Crippen MR) is 91.6 cm³/mol. The number of benzene rings is 1. The van der Waals surface area contributed by atoms with Gasteiger partial charge < -0.3 is 4.90 Å². The molecule has 0 amide bonds. The van der Waals surface area contributed by atoms with Gasteiger partial charge in [-0.2, -0.15) is 0 Å². The van der Waals surface area contributed by atoms with Gasteiger partial charge in [0.05, 0.1) is 0 Å². The summed E-state index contributed by atoms with van der Waals surface area (Å²) in [5, 5.41) is 0. The van der Waals surface area contributed by atoms with Gasteiger partial charge in [-0.3, -0.25) is 0 Å². The Morgan fingerprint density at radius 3 is 2.30 bits per heavy atom. The lowest BCUT2D eigenvalue weighted by Gasteiger charge is -2.38. The minimum absolute atomic E-state index is 0.136. The van der Waals surface area contributed by atoms with Crippen LogP contribution < -0.4 is 0 Å². The van der Waals surface area contributed by atoms with Crippen molar-refractivity contribution in [1.29, 1.82) is 0 Å². The maximum absolute atomic E-state index is 4.25. The van der Waals surface area contributed by atoms with Crippen molar-refractivity contribution >= 4 is 11.8 Å². The van der Waals surface area contributed by atoms with Gasteiger partial charge in [0.25, 0.3) is 0 Å². The van der Waals surface area contributed by atoms with Crippen molar-refractivity contribution in [1.82, 2.24) is 4.90 Å². The molecule has 1 aromatic rings. The molecule has 0 bridgehead atoms. The van der Waals surface area contributed by atoms with Gasteiger partial charge in [0.15, 0.2) is 0 Å². The lowest BCUT2D eigenvalue weighted by Crippen LogP contribution is -2.38. The van der Waals surface area contributed by atoms with Crippen LogP contribution in [0.1, 0.15) is 58.1 Å². The number of hydrogen-bond donors (Lipinski definition) is 0. The standard InChI is InChI=1S/C19H29N/c1-7-9-10-11-17-12-14-18(15-13-17)16(3)20(6)19(4,5)8-2/h10-15H,3,7-9H2,1-2,4-6H3/b11-10+. The fourth-order valence-corrected chi connectivity index (χ4v) is 1.97. The fourth-order valence-electron chi connectivity index (χ4n) is 1.97. The molecule has 20 heavy (non-hydrogen) atoms.